The van der Waals surface area contributed by atoms with Crippen molar-refractivity contribution in [1.82, 2.24) is 10.5 Å². The second-order valence-electron chi connectivity index (χ2n) is 5.35. The quantitative estimate of drug-likeness (QED) is 0.849. The molecule has 0 radical (unpaired) electrons. The van der Waals surface area contributed by atoms with Crippen LogP contribution in [-0.4, -0.2) is 25.4 Å². The van der Waals surface area contributed by atoms with Gasteiger partial charge in [-0.25, -0.2) is 0 Å². The van der Waals surface area contributed by atoms with Crippen molar-refractivity contribution < 1.29 is 9.26 Å². The lowest BCUT2D eigenvalue weighted by Gasteiger charge is -2.20. The summed E-state index contributed by atoms with van der Waals surface area (Å²) in [5.74, 6) is 1.69. The van der Waals surface area contributed by atoms with Crippen LogP contribution in [-0.2, 0) is 13.1 Å². The molecule has 114 valence electrons. The summed E-state index contributed by atoms with van der Waals surface area (Å²) in [5.41, 5.74) is 1.95. The molecule has 5 heteroatoms. The first-order valence-corrected chi connectivity index (χ1v) is 7.12. The number of nitrogens with zero attached hydrogens (tertiary/aromatic N) is 2. The lowest BCUT2D eigenvalue weighted by Crippen LogP contribution is -2.21. The third kappa shape index (κ3) is 4.23. The van der Waals surface area contributed by atoms with Gasteiger partial charge in [0.1, 0.15) is 5.75 Å². The largest absolute Gasteiger partial charge is 0.495 e. The van der Waals surface area contributed by atoms with E-state index in [2.05, 4.69) is 29.2 Å². The zero-order valence-electron chi connectivity index (χ0n) is 13.1. The molecule has 1 aromatic heterocycles. The second-order valence-corrected chi connectivity index (χ2v) is 5.35. The summed E-state index contributed by atoms with van der Waals surface area (Å²) in [5, 5.41) is 7.40. The third-order valence-corrected chi connectivity index (χ3v) is 3.19. The SMILES string of the molecule is COc1ccccc1N(C)Cc1cc(CNC(C)C)no1. The summed E-state index contributed by atoms with van der Waals surface area (Å²) in [6.07, 6.45) is 0. The van der Waals surface area contributed by atoms with Crippen LogP contribution in [0.15, 0.2) is 34.9 Å². The average Bonchev–Trinajstić information content (AvgIpc) is 2.92. The van der Waals surface area contributed by atoms with E-state index in [1.165, 1.54) is 0 Å². The molecule has 0 aliphatic heterocycles. The van der Waals surface area contributed by atoms with E-state index in [4.69, 9.17) is 9.26 Å². The zero-order chi connectivity index (χ0) is 15.2. The van der Waals surface area contributed by atoms with Gasteiger partial charge in [0.05, 0.1) is 25.0 Å². The normalized spacial score (nSPS) is 10.9. The van der Waals surface area contributed by atoms with E-state index >= 15 is 0 Å². The number of ether oxygens (including phenoxy) is 1. The minimum Gasteiger partial charge on any atom is -0.495 e. The second kappa shape index (κ2) is 7.13. The van der Waals surface area contributed by atoms with Crippen LogP contribution >= 0.6 is 0 Å². The molecule has 21 heavy (non-hydrogen) atoms. The van der Waals surface area contributed by atoms with Gasteiger partial charge in [-0.05, 0) is 12.1 Å². The molecular weight excluding hydrogens is 266 g/mol. The standard InChI is InChI=1S/C16H23N3O2/c1-12(2)17-10-13-9-14(21-18-13)11-19(3)15-7-5-6-8-16(15)20-4/h5-9,12,17H,10-11H2,1-4H3. The molecule has 0 saturated carbocycles. The Morgan fingerprint density at radius 1 is 1.33 bits per heavy atom. The fourth-order valence-electron chi connectivity index (χ4n) is 2.09. The molecule has 0 fully saturated rings. The van der Waals surface area contributed by atoms with Crippen molar-refractivity contribution in [3.63, 3.8) is 0 Å². The highest BCUT2D eigenvalue weighted by atomic mass is 16.5. The molecule has 5 nitrogen and oxygen atoms in total. The topological polar surface area (TPSA) is 50.5 Å². The number of aromatic nitrogens is 1. The van der Waals surface area contributed by atoms with Crippen LogP contribution in [0.25, 0.3) is 0 Å². The van der Waals surface area contributed by atoms with Crippen LogP contribution in [0.2, 0.25) is 0 Å². The molecule has 0 aliphatic rings. The van der Waals surface area contributed by atoms with Crippen LogP contribution in [0.1, 0.15) is 25.3 Å². The lowest BCUT2D eigenvalue weighted by atomic mass is 10.2. The number of hydrogen-bond donors (Lipinski definition) is 1. The van der Waals surface area contributed by atoms with E-state index in [0.717, 1.165) is 29.4 Å². The summed E-state index contributed by atoms with van der Waals surface area (Å²) < 4.78 is 10.8. The Labute approximate surface area is 125 Å². The van der Waals surface area contributed by atoms with Crippen LogP contribution < -0.4 is 15.0 Å². The Hall–Kier alpha value is -2.01. The van der Waals surface area contributed by atoms with Crippen molar-refractivity contribution in [2.75, 3.05) is 19.1 Å². The number of benzene rings is 1. The van der Waals surface area contributed by atoms with E-state index in [1.807, 2.05) is 37.4 Å². The van der Waals surface area contributed by atoms with Gasteiger partial charge in [0.2, 0.25) is 0 Å². The van der Waals surface area contributed by atoms with Gasteiger partial charge in [-0.15, -0.1) is 0 Å². The van der Waals surface area contributed by atoms with Crippen molar-refractivity contribution in [2.24, 2.45) is 0 Å². The number of anilines is 1. The van der Waals surface area contributed by atoms with Crippen molar-refractivity contribution in [2.45, 2.75) is 33.0 Å². The van der Waals surface area contributed by atoms with Crippen molar-refractivity contribution in [3.05, 3.63) is 41.8 Å². The molecule has 2 aromatic rings. The van der Waals surface area contributed by atoms with Crippen molar-refractivity contribution in [1.29, 1.82) is 0 Å². The van der Waals surface area contributed by atoms with E-state index < -0.39 is 0 Å². The first-order valence-electron chi connectivity index (χ1n) is 7.12. The van der Waals surface area contributed by atoms with E-state index in [0.29, 0.717) is 12.6 Å². The predicted molar refractivity (Wildman–Crippen MR) is 83.6 cm³/mol. The van der Waals surface area contributed by atoms with Gasteiger partial charge in [-0.2, -0.15) is 0 Å². The van der Waals surface area contributed by atoms with Gasteiger partial charge in [0.25, 0.3) is 0 Å². The van der Waals surface area contributed by atoms with Crippen molar-refractivity contribution >= 4 is 5.69 Å². The molecule has 1 heterocycles. The third-order valence-electron chi connectivity index (χ3n) is 3.19. The fourth-order valence-corrected chi connectivity index (χ4v) is 2.09. The number of methoxy groups -OCH3 is 1. The van der Waals surface area contributed by atoms with E-state index in [9.17, 15) is 0 Å². The highest BCUT2D eigenvalue weighted by Crippen LogP contribution is 2.27. The van der Waals surface area contributed by atoms with Crippen LogP contribution in [0.4, 0.5) is 5.69 Å². The minimum absolute atomic E-state index is 0.432. The Kier molecular flexibility index (Phi) is 5.22. The molecule has 1 aromatic carbocycles. The Morgan fingerprint density at radius 2 is 2.10 bits per heavy atom. The van der Waals surface area contributed by atoms with E-state index in [-0.39, 0.29) is 0 Å². The summed E-state index contributed by atoms with van der Waals surface area (Å²) in [6, 6.07) is 10.3. The molecule has 0 bridgehead atoms. The minimum atomic E-state index is 0.432. The fraction of sp³-hybridized carbons (Fsp3) is 0.438. The lowest BCUT2D eigenvalue weighted by molar-refractivity contribution is 0.372. The number of nitrogens with one attached hydrogen (secondary N) is 1. The average molecular weight is 289 g/mol. The summed E-state index contributed by atoms with van der Waals surface area (Å²) >= 11 is 0. The van der Waals surface area contributed by atoms with Gasteiger partial charge in [-0.3, -0.25) is 0 Å². The number of para-hydroxylation sites is 2. The molecule has 0 amide bonds. The molecule has 2 rings (SSSR count). The maximum atomic E-state index is 5.39. The van der Waals surface area contributed by atoms with Crippen LogP contribution in [0, 0.1) is 0 Å². The Bertz CT molecular complexity index is 566. The van der Waals surface area contributed by atoms with Gasteiger partial charge in [0, 0.05) is 25.7 Å². The molecule has 0 aliphatic carbocycles. The summed E-state index contributed by atoms with van der Waals surface area (Å²) in [7, 11) is 3.68. The van der Waals surface area contributed by atoms with Gasteiger partial charge in [0.15, 0.2) is 5.76 Å². The first kappa shape index (κ1) is 15.4. The van der Waals surface area contributed by atoms with Crippen LogP contribution in [0.5, 0.6) is 5.75 Å². The van der Waals surface area contributed by atoms with Gasteiger partial charge < -0.3 is 19.5 Å². The zero-order valence-corrected chi connectivity index (χ0v) is 13.1. The Morgan fingerprint density at radius 3 is 2.81 bits per heavy atom. The summed E-state index contributed by atoms with van der Waals surface area (Å²) in [4.78, 5) is 2.08. The smallest absolute Gasteiger partial charge is 0.156 e. The van der Waals surface area contributed by atoms with E-state index in [1.54, 1.807) is 7.11 Å². The molecule has 0 spiro atoms. The Balaban J connectivity index is 2.01. The number of hydrogen-bond acceptors (Lipinski definition) is 5. The highest BCUT2D eigenvalue weighted by Gasteiger charge is 2.11. The molecular formula is C16H23N3O2. The highest BCUT2D eigenvalue weighted by molar-refractivity contribution is 5.57. The van der Waals surface area contributed by atoms with Gasteiger partial charge >= 0.3 is 0 Å². The van der Waals surface area contributed by atoms with Crippen molar-refractivity contribution in [3.8, 4) is 5.75 Å². The molecule has 0 atom stereocenters. The maximum absolute atomic E-state index is 5.39. The monoisotopic (exact) mass is 289 g/mol. The summed E-state index contributed by atoms with van der Waals surface area (Å²) in [6.45, 7) is 5.58. The number of rotatable bonds is 7. The molecule has 1 N–H and O–H groups in total. The molecule has 0 unspecified atom stereocenters. The predicted octanol–water partition coefficient (Wildman–Crippen LogP) is 2.82. The van der Waals surface area contributed by atoms with Gasteiger partial charge in [-0.1, -0.05) is 31.1 Å². The molecule has 0 saturated heterocycles. The maximum Gasteiger partial charge on any atom is 0.156 e. The van der Waals surface area contributed by atoms with Crippen LogP contribution in [0.3, 0.4) is 0 Å². The first-order chi connectivity index (χ1) is 10.1.